The van der Waals surface area contributed by atoms with Crippen molar-refractivity contribution < 1.29 is 9.84 Å². The van der Waals surface area contributed by atoms with Crippen LogP contribution in [-0.4, -0.2) is 18.8 Å². The molecule has 1 atom stereocenters. The minimum Gasteiger partial charge on any atom is -0.497 e. The highest BCUT2D eigenvalue weighted by Crippen LogP contribution is 2.31. The molecule has 0 bridgehead atoms. The second-order valence-electron chi connectivity index (χ2n) is 5.55. The van der Waals surface area contributed by atoms with Gasteiger partial charge in [0, 0.05) is 5.41 Å². The summed E-state index contributed by atoms with van der Waals surface area (Å²) in [6.07, 6.45) is 0.809. The SMILES string of the molecule is COc1cccc(C(C)(CO)Cc2ccccc2C)c1. The van der Waals surface area contributed by atoms with Crippen molar-refractivity contribution in [3.8, 4) is 5.75 Å². The van der Waals surface area contributed by atoms with Gasteiger partial charge in [0.1, 0.15) is 5.75 Å². The maximum atomic E-state index is 9.91. The molecule has 0 aromatic heterocycles. The van der Waals surface area contributed by atoms with Gasteiger partial charge in [0.2, 0.25) is 0 Å². The van der Waals surface area contributed by atoms with Gasteiger partial charge in [-0.25, -0.2) is 0 Å². The first-order chi connectivity index (χ1) is 9.59. The lowest BCUT2D eigenvalue weighted by atomic mass is 9.77. The van der Waals surface area contributed by atoms with Crippen molar-refractivity contribution in [1.29, 1.82) is 0 Å². The van der Waals surface area contributed by atoms with Gasteiger partial charge in [0.15, 0.2) is 0 Å². The fourth-order valence-electron chi connectivity index (χ4n) is 2.48. The van der Waals surface area contributed by atoms with E-state index in [-0.39, 0.29) is 12.0 Å². The van der Waals surface area contributed by atoms with E-state index >= 15 is 0 Å². The van der Waals surface area contributed by atoms with Gasteiger partial charge in [-0.2, -0.15) is 0 Å². The summed E-state index contributed by atoms with van der Waals surface area (Å²) >= 11 is 0. The quantitative estimate of drug-likeness (QED) is 0.901. The fraction of sp³-hybridized carbons (Fsp3) is 0.333. The molecule has 0 saturated heterocycles. The van der Waals surface area contributed by atoms with Gasteiger partial charge >= 0.3 is 0 Å². The van der Waals surface area contributed by atoms with E-state index in [1.54, 1.807) is 7.11 Å². The van der Waals surface area contributed by atoms with Crippen LogP contribution in [0.4, 0.5) is 0 Å². The predicted molar refractivity (Wildman–Crippen MR) is 82.3 cm³/mol. The molecule has 0 aliphatic heterocycles. The van der Waals surface area contributed by atoms with Gasteiger partial charge in [-0.15, -0.1) is 0 Å². The lowest BCUT2D eigenvalue weighted by Crippen LogP contribution is -2.29. The Labute approximate surface area is 121 Å². The summed E-state index contributed by atoms with van der Waals surface area (Å²) in [5, 5.41) is 9.91. The Morgan fingerprint density at radius 2 is 1.85 bits per heavy atom. The van der Waals surface area contributed by atoms with Crippen LogP contribution in [0.1, 0.15) is 23.6 Å². The molecule has 1 N–H and O–H groups in total. The molecule has 106 valence electrons. The van der Waals surface area contributed by atoms with E-state index in [0.717, 1.165) is 17.7 Å². The van der Waals surface area contributed by atoms with E-state index in [1.807, 2.05) is 30.3 Å². The van der Waals surface area contributed by atoms with Gasteiger partial charge < -0.3 is 9.84 Å². The summed E-state index contributed by atoms with van der Waals surface area (Å²) in [5.74, 6) is 0.826. The highest BCUT2D eigenvalue weighted by Gasteiger charge is 2.27. The van der Waals surface area contributed by atoms with Gasteiger partial charge in [0.05, 0.1) is 13.7 Å². The number of aryl methyl sites for hydroxylation is 1. The molecule has 0 heterocycles. The van der Waals surface area contributed by atoms with Crippen LogP contribution in [0.15, 0.2) is 48.5 Å². The molecule has 2 rings (SSSR count). The maximum absolute atomic E-state index is 9.91. The molecule has 1 unspecified atom stereocenters. The molecule has 0 amide bonds. The molecule has 2 heteroatoms. The Bertz CT molecular complexity index is 577. The van der Waals surface area contributed by atoms with E-state index in [0.29, 0.717) is 0 Å². The zero-order valence-corrected chi connectivity index (χ0v) is 12.4. The van der Waals surface area contributed by atoms with Crippen molar-refractivity contribution in [2.75, 3.05) is 13.7 Å². The summed E-state index contributed by atoms with van der Waals surface area (Å²) in [6.45, 7) is 4.31. The number of aliphatic hydroxyl groups excluding tert-OH is 1. The van der Waals surface area contributed by atoms with Crippen LogP contribution in [0.25, 0.3) is 0 Å². The first-order valence-electron chi connectivity index (χ1n) is 6.89. The molecule has 2 aromatic carbocycles. The summed E-state index contributed by atoms with van der Waals surface area (Å²) < 4.78 is 5.29. The smallest absolute Gasteiger partial charge is 0.119 e. The molecule has 0 fully saturated rings. The largest absolute Gasteiger partial charge is 0.497 e. The molecule has 0 aliphatic rings. The molecular weight excluding hydrogens is 248 g/mol. The summed E-state index contributed by atoms with van der Waals surface area (Å²) in [4.78, 5) is 0. The Kier molecular flexibility index (Phi) is 4.46. The number of rotatable bonds is 5. The lowest BCUT2D eigenvalue weighted by Gasteiger charge is -2.29. The monoisotopic (exact) mass is 270 g/mol. The average Bonchev–Trinajstić information content (AvgIpc) is 2.49. The van der Waals surface area contributed by atoms with Crippen LogP contribution in [-0.2, 0) is 11.8 Å². The number of ether oxygens (including phenoxy) is 1. The minimum atomic E-state index is -0.305. The Hall–Kier alpha value is -1.80. The standard InChI is InChI=1S/C18H22O2/c1-14-7-4-5-8-15(14)12-18(2,13-19)16-9-6-10-17(11-16)20-3/h4-11,19H,12-13H2,1-3H3. The van der Waals surface area contributed by atoms with E-state index in [2.05, 4.69) is 32.0 Å². The molecular formula is C18H22O2. The van der Waals surface area contributed by atoms with E-state index in [9.17, 15) is 5.11 Å². The van der Waals surface area contributed by atoms with E-state index < -0.39 is 0 Å². The topological polar surface area (TPSA) is 29.5 Å². The fourth-order valence-corrected chi connectivity index (χ4v) is 2.48. The minimum absolute atomic E-state index is 0.106. The summed E-state index contributed by atoms with van der Waals surface area (Å²) in [5.41, 5.74) is 3.32. The van der Waals surface area contributed by atoms with Crippen LogP contribution < -0.4 is 4.74 Å². The second-order valence-corrected chi connectivity index (χ2v) is 5.55. The van der Waals surface area contributed by atoms with E-state index in [1.165, 1.54) is 11.1 Å². The molecule has 2 nitrogen and oxygen atoms in total. The van der Waals surface area contributed by atoms with Crippen molar-refractivity contribution in [2.45, 2.75) is 25.7 Å². The molecule has 2 aromatic rings. The number of aliphatic hydroxyl groups is 1. The second kappa shape index (κ2) is 6.10. The molecule has 20 heavy (non-hydrogen) atoms. The number of hydrogen-bond donors (Lipinski definition) is 1. The molecule has 0 spiro atoms. The highest BCUT2D eigenvalue weighted by molar-refractivity contribution is 5.37. The van der Waals surface area contributed by atoms with Crippen LogP contribution >= 0.6 is 0 Å². The van der Waals surface area contributed by atoms with Crippen LogP contribution in [0, 0.1) is 6.92 Å². The zero-order valence-electron chi connectivity index (χ0n) is 12.4. The summed E-state index contributed by atoms with van der Waals surface area (Å²) in [7, 11) is 1.66. The van der Waals surface area contributed by atoms with Crippen molar-refractivity contribution in [3.63, 3.8) is 0 Å². The number of methoxy groups -OCH3 is 1. The Balaban J connectivity index is 2.35. The third-order valence-electron chi connectivity index (χ3n) is 3.96. The molecule has 0 radical (unpaired) electrons. The van der Waals surface area contributed by atoms with Gasteiger partial charge in [-0.3, -0.25) is 0 Å². The molecule has 0 saturated carbocycles. The number of benzene rings is 2. The van der Waals surface area contributed by atoms with E-state index in [4.69, 9.17) is 4.74 Å². The zero-order chi connectivity index (χ0) is 14.6. The average molecular weight is 270 g/mol. The van der Waals surface area contributed by atoms with Crippen molar-refractivity contribution in [2.24, 2.45) is 0 Å². The van der Waals surface area contributed by atoms with Crippen LogP contribution in [0.2, 0.25) is 0 Å². The summed E-state index contributed by atoms with van der Waals surface area (Å²) in [6, 6.07) is 16.3. The third kappa shape index (κ3) is 3.02. The normalized spacial score (nSPS) is 13.8. The Morgan fingerprint density at radius 3 is 2.50 bits per heavy atom. The highest BCUT2D eigenvalue weighted by atomic mass is 16.5. The van der Waals surface area contributed by atoms with Crippen molar-refractivity contribution >= 4 is 0 Å². The van der Waals surface area contributed by atoms with Gasteiger partial charge in [-0.05, 0) is 42.2 Å². The first kappa shape index (κ1) is 14.6. The number of hydrogen-bond acceptors (Lipinski definition) is 2. The first-order valence-corrected chi connectivity index (χ1v) is 6.89. The van der Waals surface area contributed by atoms with Crippen LogP contribution in [0.5, 0.6) is 5.75 Å². The Morgan fingerprint density at radius 1 is 1.10 bits per heavy atom. The maximum Gasteiger partial charge on any atom is 0.119 e. The van der Waals surface area contributed by atoms with Gasteiger partial charge in [-0.1, -0.05) is 43.3 Å². The molecule has 0 aliphatic carbocycles. The lowest BCUT2D eigenvalue weighted by molar-refractivity contribution is 0.204. The van der Waals surface area contributed by atoms with Crippen LogP contribution in [0.3, 0.4) is 0 Å². The van der Waals surface area contributed by atoms with Crippen molar-refractivity contribution in [1.82, 2.24) is 0 Å². The third-order valence-corrected chi connectivity index (χ3v) is 3.96. The van der Waals surface area contributed by atoms with Gasteiger partial charge in [0.25, 0.3) is 0 Å². The predicted octanol–water partition coefficient (Wildman–Crippen LogP) is 3.50. The van der Waals surface area contributed by atoms with Crippen molar-refractivity contribution in [3.05, 3.63) is 65.2 Å².